The fourth-order valence-corrected chi connectivity index (χ4v) is 5.07. The van der Waals surface area contributed by atoms with E-state index < -0.39 is 29.4 Å². The lowest BCUT2D eigenvalue weighted by molar-refractivity contribution is -0.137. The van der Waals surface area contributed by atoms with Crippen molar-refractivity contribution in [1.82, 2.24) is 9.88 Å². The highest BCUT2D eigenvalue weighted by molar-refractivity contribution is 6.13. The molecule has 8 nitrogen and oxygen atoms in total. The van der Waals surface area contributed by atoms with E-state index in [1.54, 1.807) is 6.07 Å². The minimum atomic E-state index is -4.59. The Kier molecular flexibility index (Phi) is 10.1. The Hall–Kier alpha value is -3.90. The van der Waals surface area contributed by atoms with Crippen LogP contribution in [-0.2, 0) is 6.18 Å². The van der Waals surface area contributed by atoms with Gasteiger partial charge in [0.2, 0.25) is 0 Å². The number of likely N-dealkylation sites (tertiary alicyclic amines) is 1. The molecule has 43 heavy (non-hydrogen) atoms. The maximum absolute atomic E-state index is 14.2. The van der Waals surface area contributed by atoms with Crippen molar-refractivity contribution in [2.75, 3.05) is 48.8 Å². The maximum Gasteiger partial charge on any atom is 0.417 e. The Labute approximate surface area is 252 Å². The van der Waals surface area contributed by atoms with Crippen molar-refractivity contribution >= 4 is 41.4 Å². The number of hydrogen-bond donors (Lipinski definition) is 2. The maximum atomic E-state index is 14.2. The number of halogens is 5. The van der Waals surface area contributed by atoms with Crippen LogP contribution in [0.3, 0.4) is 0 Å². The Morgan fingerprint density at radius 1 is 0.907 bits per heavy atom. The van der Waals surface area contributed by atoms with E-state index in [4.69, 9.17) is 4.74 Å². The summed E-state index contributed by atoms with van der Waals surface area (Å²) < 4.78 is 59.1. The van der Waals surface area contributed by atoms with Crippen LogP contribution in [0.4, 0.5) is 34.8 Å². The van der Waals surface area contributed by atoms with E-state index in [-0.39, 0.29) is 41.1 Å². The molecule has 2 aliphatic heterocycles. The lowest BCUT2D eigenvalue weighted by atomic mass is 10.1. The van der Waals surface area contributed by atoms with Crippen molar-refractivity contribution in [2.24, 2.45) is 0 Å². The molecule has 2 aliphatic rings. The number of nitrogens with zero attached hydrogens (tertiary/aromatic N) is 3. The number of benzene rings is 2. The van der Waals surface area contributed by atoms with Gasteiger partial charge >= 0.3 is 6.18 Å². The molecule has 2 amide bonds. The number of piperidine rings is 1. The first-order chi connectivity index (χ1) is 20.1. The Balaban J connectivity index is 0.00000423. The molecule has 0 radical (unpaired) electrons. The standard InChI is InChI=1S/C30H31F4N5O3.ClH/c1-38-14-10-22(11-15-38)42-26-17-21(39-12-2-3-13-39)6-7-23(26)28(40)36-25-8-5-20(31)16-24(25)29(41)37-27-9-4-19(18-35-27)30(32,33)34;/h4-9,16-18,22H,2-3,10-15H2,1H3,(H,36,40)(H,35,37,41);1H. The highest BCUT2D eigenvalue weighted by Gasteiger charge is 2.31. The second kappa shape index (κ2) is 13.6. The van der Waals surface area contributed by atoms with Gasteiger partial charge in [-0.1, -0.05) is 0 Å². The molecule has 0 spiro atoms. The van der Waals surface area contributed by atoms with Gasteiger partial charge in [-0.05, 0) is 75.2 Å². The van der Waals surface area contributed by atoms with Gasteiger partial charge < -0.3 is 25.2 Å². The largest absolute Gasteiger partial charge is 0.489 e. The summed E-state index contributed by atoms with van der Waals surface area (Å²) in [5.74, 6) is -1.89. The Morgan fingerprint density at radius 3 is 2.26 bits per heavy atom. The normalized spacial score (nSPS) is 16.0. The van der Waals surface area contributed by atoms with E-state index in [0.29, 0.717) is 11.9 Å². The molecule has 3 aromatic rings. The third-order valence-corrected chi connectivity index (χ3v) is 7.45. The van der Waals surface area contributed by atoms with Crippen molar-refractivity contribution in [2.45, 2.75) is 38.0 Å². The molecule has 0 bridgehead atoms. The summed E-state index contributed by atoms with van der Waals surface area (Å²) in [6, 6.07) is 10.4. The number of anilines is 3. The van der Waals surface area contributed by atoms with E-state index in [1.165, 1.54) is 6.07 Å². The van der Waals surface area contributed by atoms with Crippen LogP contribution in [0.2, 0.25) is 0 Å². The van der Waals surface area contributed by atoms with Gasteiger partial charge in [0.25, 0.3) is 11.8 Å². The van der Waals surface area contributed by atoms with Crippen LogP contribution in [-0.4, -0.2) is 61.0 Å². The van der Waals surface area contributed by atoms with Crippen LogP contribution < -0.4 is 20.3 Å². The van der Waals surface area contributed by atoms with E-state index in [2.05, 4.69) is 25.4 Å². The van der Waals surface area contributed by atoms with Crippen LogP contribution in [0.5, 0.6) is 5.75 Å². The minimum absolute atomic E-state index is 0. The van der Waals surface area contributed by atoms with Crippen molar-refractivity contribution in [1.29, 1.82) is 0 Å². The van der Waals surface area contributed by atoms with Crippen molar-refractivity contribution < 1.29 is 31.9 Å². The zero-order valence-corrected chi connectivity index (χ0v) is 24.2. The summed E-state index contributed by atoms with van der Waals surface area (Å²) in [5.41, 5.74) is 0.0271. The molecule has 0 aliphatic carbocycles. The molecule has 3 heterocycles. The predicted molar refractivity (Wildman–Crippen MR) is 158 cm³/mol. The fraction of sp³-hybridized carbons (Fsp3) is 0.367. The zero-order valence-electron chi connectivity index (χ0n) is 23.4. The van der Waals surface area contributed by atoms with Crippen LogP contribution >= 0.6 is 12.4 Å². The number of carbonyl (C=O) groups excluding carboxylic acids is 2. The van der Waals surface area contributed by atoms with Gasteiger partial charge in [-0.3, -0.25) is 9.59 Å². The first-order valence-corrected chi connectivity index (χ1v) is 13.8. The molecule has 13 heteroatoms. The predicted octanol–water partition coefficient (Wildman–Crippen LogP) is 6.24. The summed E-state index contributed by atoms with van der Waals surface area (Å²) in [4.78, 5) is 34.6. The minimum Gasteiger partial charge on any atom is -0.489 e. The van der Waals surface area contributed by atoms with E-state index >= 15 is 0 Å². The molecule has 0 saturated carbocycles. The average molecular weight is 622 g/mol. The van der Waals surface area contributed by atoms with Gasteiger partial charge in [0, 0.05) is 44.1 Å². The second-order valence-corrected chi connectivity index (χ2v) is 10.5. The molecule has 2 fully saturated rings. The second-order valence-electron chi connectivity index (χ2n) is 10.5. The van der Waals surface area contributed by atoms with Crippen molar-refractivity contribution in [3.63, 3.8) is 0 Å². The molecule has 2 N–H and O–H groups in total. The van der Waals surface area contributed by atoms with Gasteiger partial charge in [-0.2, -0.15) is 13.2 Å². The number of amides is 2. The van der Waals surface area contributed by atoms with Gasteiger partial charge in [0.05, 0.1) is 22.4 Å². The van der Waals surface area contributed by atoms with E-state index in [0.717, 1.165) is 81.8 Å². The molecule has 0 unspecified atom stereocenters. The summed E-state index contributed by atoms with van der Waals surface area (Å²) in [6.45, 7) is 3.59. The Bertz CT molecular complexity index is 1440. The van der Waals surface area contributed by atoms with E-state index in [9.17, 15) is 27.2 Å². The lowest BCUT2D eigenvalue weighted by Gasteiger charge is -2.30. The molecule has 2 aromatic carbocycles. The first-order valence-electron chi connectivity index (χ1n) is 13.8. The van der Waals surface area contributed by atoms with Crippen LogP contribution in [0, 0.1) is 5.82 Å². The number of pyridine rings is 1. The van der Waals surface area contributed by atoms with Crippen molar-refractivity contribution in [3.8, 4) is 5.75 Å². The molecule has 230 valence electrons. The lowest BCUT2D eigenvalue weighted by Crippen LogP contribution is -2.36. The smallest absolute Gasteiger partial charge is 0.417 e. The SMILES string of the molecule is CN1CCC(Oc2cc(N3CCCC3)ccc2C(=O)Nc2ccc(F)cc2C(=O)Nc2ccc(C(F)(F)F)cn2)CC1.Cl. The van der Waals surface area contributed by atoms with Gasteiger partial charge in [0.15, 0.2) is 0 Å². The number of ether oxygens (including phenoxy) is 1. The number of hydrogen-bond acceptors (Lipinski definition) is 6. The third kappa shape index (κ3) is 7.94. The zero-order chi connectivity index (χ0) is 29.9. The summed E-state index contributed by atoms with van der Waals surface area (Å²) >= 11 is 0. The quantitative estimate of drug-likeness (QED) is 0.304. The topological polar surface area (TPSA) is 86.8 Å². The number of rotatable bonds is 7. The first kappa shape index (κ1) is 32.0. The van der Waals surface area contributed by atoms with Crippen LogP contribution in [0.15, 0.2) is 54.7 Å². The molecule has 1 aromatic heterocycles. The fourth-order valence-electron chi connectivity index (χ4n) is 5.07. The molecule has 2 saturated heterocycles. The summed E-state index contributed by atoms with van der Waals surface area (Å²) in [7, 11) is 2.05. The third-order valence-electron chi connectivity index (χ3n) is 7.45. The highest BCUT2D eigenvalue weighted by atomic mass is 35.5. The molecular weight excluding hydrogens is 590 g/mol. The highest BCUT2D eigenvalue weighted by Crippen LogP contribution is 2.32. The summed E-state index contributed by atoms with van der Waals surface area (Å²) in [5, 5.41) is 5.04. The number of nitrogens with one attached hydrogen (secondary N) is 2. The van der Waals surface area contributed by atoms with Gasteiger partial charge in [0.1, 0.15) is 23.5 Å². The molecule has 5 rings (SSSR count). The summed E-state index contributed by atoms with van der Waals surface area (Å²) in [6.07, 6.45) is -0.266. The van der Waals surface area contributed by atoms with Gasteiger partial charge in [-0.25, -0.2) is 9.37 Å². The van der Waals surface area contributed by atoms with Crippen LogP contribution in [0.25, 0.3) is 0 Å². The monoisotopic (exact) mass is 621 g/mol. The Morgan fingerprint density at radius 2 is 1.60 bits per heavy atom. The van der Waals surface area contributed by atoms with E-state index in [1.807, 2.05) is 19.2 Å². The number of alkyl halides is 3. The van der Waals surface area contributed by atoms with Crippen molar-refractivity contribution in [3.05, 3.63) is 77.2 Å². The average Bonchev–Trinajstić information content (AvgIpc) is 3.50. The molecule has 0 atom stereocenters. The molecular formula is C30H32ClF4N5O3. The van der Waals surface area contributed by atoms with Crippen LogP contribution in [0.1, 0.15) is 52.0 Å². The number of aromatic nitrogens is 1. The number of carbonyl (C=O) groups is 2. The van der Waals surface area contributed by atoms with Gasteiger partial charge in [-0.15, -0.1) is 12.4 Å².